The van der Waals surface area contributed by atoms with E-state index in [1.54, 1.807) is 0 Å². The summed E-state index contributed by atoms with van der Waals surface area (Å²) in [5.74, 6) is -2.26. The third kappa shape index (κ3) is 5.73. The number of ether oxygens (including phenoxy) is 3. The first-order valence-electron chi connectivity index (χ1n) is 9.54. The summed E-state index contributed by atoms with van der Waals surface area (Å²) in [5.41, 5.74) is -3.55. The molecular formula is C18H26FN3O8S. The van der Waals surface area contributed by atoms with Crippen LogP contribution >= 0.6 is 11.8 Å². The number of unbranched alkanes of at least 4 members (excludes halogenated alkanes) is 1. The quantitative estimate of drug-likeness (QED) is 0.355. The number of anilines is 1. The minimum atomic E-state index is -1.65. The summed E-state index contributed by atoms with van der Waals surface area (Å²) in [6, 6.07) is 0. The van der Waals surface area contributed by atoms with Gasteiger partial charge in [0.15, 0.2) is 11.6 Å². The zero-order valence-electron chi connectivity index (χ0n) is 17.4. The maximum Gasteiger partial charge on any atom is 0.412 e. The highest BCUT2D eigenvalue weighted by atomic mass is 32.2. The molecule has 11 nitrogen and oxygen atoms in total. The molecule has 1 fully saturated rings. The first kappa shape index (κ1) is 25.0. The summed E-state index contributed by atoms with van der Waals surface area (Å²) >= 11 is 1.07. The Hall–Kier alpha value is -2.22. The molecule has 174 valence electrons. The number of thioether (sulfide) groups is 1. The van der Waals surface area contributed by atoms with Gasteiger partial charge in [0.05, 0.1) is 26.5 Å². The first-order chi connectivity index (χ1) is 14.7. The van der Waals surface area contributed by atoms with Gasteiger partial charge in [-0.1, -0.05) is 13.3 Å². The molecule has 1 aromatic rings. The lowest BCUT2D eigenvalue weighted by Crippen LogP contribution is -2.49. The van der Waals surface area contributed by atoms with E-state index >= 15 is 0 Å². The summed E-state index contributed by atoms with van der Waals surface area (Å²) in [6.45, 7) is 2.68. The van der Waals surface area contributed by atoms with Crippen molar-refractivity contribution in [3.8, 4) is 0 Å². The maximum atomic E-state index is 14.4. The molecule has 4 atom stereocenters. The van der Waals surface area contributed by atoms with E-state index in [0.29, 0.717) is 6.42 Å². The molecule has 1 amide bonds. The second kappa shape index (κ2) is 10.9. The Morgan fingerprint density at radius 3 is 2.87 bits per heavy atom. The minimum absolute atomic E-state index is 0.136. The van der Waals surface area contributed by atoms with Crippen LogP contribution < -0.4 is 11.0 Å². The average Bonchev–Trinajstić information content (AvgIpc) is 3.24. The number of halogens is 1. The molecule has 0 radical (unpaired) electrons. The lowest BCUT2D eigenvalue weighted by atomic mass is 9.85. The number of rotatable bonds is 9. The molecule has 1 aliphatic heterocycles. The second-order valence-corrected chi connectivity index (χ2v) is 8.18. The highest BCUT2D eigenvalue weighted by Crippen LogP contribution is 2.39. The predicted molar refractivity (Wildman–Crippen MR) is 108 cm³/mol. The van der Waals surface area contributed by atoms with E-state index in [4.69, 9.17) is 9.47 Å². The van der Waals surface area contributed by atoms with Crippen molar-refractivity contribution in [2.24, 2.45) is 5.41 Å². The van der Waals surface area contributed by atoms with Gasteiger partial charge >= 0.3 is 17.8 Å². The Balaban J connectivity index is 2.11. The van der Waals surface area contributed by atoms with Crippen LogP contribution in [0.1, 0.15) is 32.9 Å². The molecule has 31 heavy (non-hydrogen) atoms. The average molecular weight is 463 g/mol. The monoisotopic (exact) mass is 463 g/mol. The van der Waals surface area contributed by atoms with Crippen molar-refractivity contribution < 1.29 is 38.4 Å². The molecule has 0 aliphatic carbocycles. The third-order valence-corrected chi connectivity index (χ3v) is 5.93. The number of methoxy groups -OCH3 is 1. The van der Waals surface area contributed by atoms with Crippen LogP contribution in [-0.2, 0) is 19.0 Å². The van der Waals surface area contributed by atoms with E-state index in [2.05, 4.69) is 15.0 Å². The van der Waals surface area contributed by atoms with Crippen molar-refractivity contribution in [2.75, 3.05) is 31.4 Å². The van der Waals surface area contributed by atoms with Crippen molar-refractivity contribution >= 4 is 29.6 Å². The number of nitrogens with zero attached hydrogens (tertiary/aromatic N) is 2. The number of hydrogen-bond donors (Lipinski definition) is 3. The normalized spacial score (nSPS) is 21.2. The van der Waals surface area contributed by atoms with Crippen LogP contribution in [-0.4, -0.2) is 69.4 Å². The van der Waals surface area contributed by atoms with E-state index in [0.717, 1.165) is 36.1 Å². The molecular weight excluding hydrogens is 437 g/mol. The Morgan fingerprint density at radius 2 is 2.26 bits per heavy atom. The first-order valence-corrected chi connectivity index (χ1v) is 10.6. The Bertz CT molecular complexity index is 854. The molecule has 0 bridgehead atoms. The molecule has 0 saturated carbocycles. The van der Waals surface area contributed by atoms with E-state index in [9.17, 15) is 29.0 Å². The van der Waals surface area contributed by atoms with Crippen LogP contribution in [0.3, 0.4) is 0 Å². The SMILES string of the molecule is CCCCOC(=O)Nc1nc(=O)n([C@H]2CS[C@@H](C(O)C(C)(CO)C(=O)OC)O2)cc1F. The van der Waals surface area contributed by atoms with Gasteiger partial charge in [0.1, 0.15) is 23.2 Å². The number of aliphatic hydroxyl groups excluding tert-OH is 2. The van der Waals surface area contributed by atoms with Gasteiger partial charge < -0.3 is 24.4 Å². The summed E-state index contributed by atoms with van der Waals surface area (Å²) in [7, 11) is 1.12. The Labute approximate surface area is 181 Å². The predicted octanol–water partition coefficient (Wildman–Crippen LogP) is 0.852. The molecule has 3 N–H and O–H groups in total. The number of aromatic nitrogens is 2. The van der Waals surface area contributed by atoms with Crippen molar-refractivity contribution in [2.45, 2.75) is 44.5 Å². The fourth-order valence-corrected chi connectivity index (χ4v) is 4.00. The standard InChI is InChI=1S/C18H26FN3O8S/c1-4-5-6-29-17(27)21-13-10(19)7-22(16(26)20-13)11-8-31-14(30-11)12(24)18(2,9-23)15(25)28-3/h7,11-12,14,23-24H,4-6,8-9H2,1-3H3,(H,20,21,26,27)/t11-,12?,14+,18?/m1/s1. The molecule has 13 heteroatoms. The zero-order valence-corrected chi connectivity index (χ0v) is 18.2. The zero-order chi connectivity index (χ0) is 23.2. The number of aliphatic hydroxyl groups is 2. The molecule has 1 saturated heterocycles. The molecule has 0 aromatic carbocycles. The molecule has 1 aromatic heterocycles. The van der Waals surface area contributed by atoms with Crippen molar-refractivity contribution in [1.82, 2.24) is 9.55 Å². The molecule has 2 rings (SSSR count). The van der Waals surface area contributed by atoms with E-state index in [1.807, 2.05) is 6.92 Å². The van der Waals surface area contributed by atoms with Gasteiger partial charge in [-0.05, 0) is 13.3 Å². The number of carbonyl (C=O) groups is 2. The topological polar surface area (TPSA) is 149 Å². The lowest BCUT2D eigenvalue weighted by molar-refractivity contribution is -0.169. The van der Waals surface area contributed by atoms with E-state index in [-0.39, 0.29) is 12.4 Å². The largest absolute Gasteiger partial charge is 0.468 e. The second-order valence-electron chi connectivity index (χ2n) is 7.05. The number of amides is 1. The molecule has 2 heterocycles. The van der Waals surface area contributed by atoms with Crippen LogP contribution in [0.2, 0.25) is 0 Å². The summed E-state index contributed by atoms with van der Waals surface area (Å²) in [6.07, 6.45) is -1.12. The van der Waals surface area contributed by atoms with Gasteiger partial charge in [0.25, 0.3) is 0 Å². The highest BCUT2D eigenvalue weighted by Gasteiger charge is 2.48. The number of nitrogens with one attached hydrogen (secondary N) is 1. The minimum Gasteiger partial charge on any atom is -0.468 e. The number of hydrogen-bond acceptors (Lipinski definition) is 10. The van der Waals surface area contributed by atoms with Crippen LogP contribution in [0.25, 0.3) is 0 Å². The molecule has 1 aliphatic rings. The van der Waals surface area contributed by atoms with Crippen LogP contribution in [0.15, 0.2) is 11.0 Å². The van der Waals surface area contributed by atoms with Gasteiger partial charge in [-0.2, -0.15) is 4.98 Å². The summed E-state index contributed by atoms with van der Waals surface area (Å²) in [5, 5.41) is 22.2. The van der Waals surface area contributed by atoms with Gasteiger partial charge in [-0.25, -0.2) is 14.0 Å². The Kier molecular flexibility index (Phi) is 8.79. The van der Waals surface area contributed by atoms with Gasteiger partial charge in [-0.15, -0.1) is 11.8 Å². The number of carbonyl (C=O) groups excluding carboxylic acids is 2. The smallest absolute Gasteiger partial charge is 0.412 e. The fraction of sp³-hybridized carbons (Fsp3) is 0.667. The van der Waals surface area contributed by atoms with Crippen LogP contribution in [0.5, 0.6) is 0 Å². The van der Waals surface area contributed by atoms with Crippen molar-refractivity contribution in [3.05, 3.63) is 22.5 Å². The van der Waals surface area contributed by atoms with Crippen LogP contribution in [0.4, 0.5) is 15.0 Å². The van der Waals surface area contributed by atoms with Crippen molar-refractivity contribution in [1.29, 1.82) is 0 Å². The van der Waals surface area contributed by atoms with Gasteiger partial charge in [0.2, 0.25) is 0 Å². The van der Waals surface area contributed by atoms with Crippen molar-refractivity contribution in [3.63, 3.8) is 0 Å². The summed E-state index contributed by atoms with van der Waals surface area (Å²) in [4.78, 5) is 39.5. The third-order valence-electron chi connectivity index (χ3n) is 4.75. The number of esters is 1. The lowest BCUT2D eigenvalue weighted by Gasteiger charge is -2.32. The molecule has 2 unspecified atom stereocenters. The summed E-state index contributed by atoms with van der Waals surface area (Å²) < 4.78 is 30.3. The van der Waals surface area contributed by atoms with Gasteiger partial charge in [0, 0.05) is 5.75 Å². The maximum absolute atomic E-state index is 14.4. The molecule has 0 spiro atoms. The highest BCUT2D eigenvalue weighted by molar-refractivity contribution is 8.00. The Morgan fingerprint density at radius 1 is 1.55 bits per heavy atom. The van der Waals surface area contributed by atoms with E-state index in [1.165, 1.54) is 6.92 Å². The van der Waals surface area contributed by atoms with E-state index < -0.39 is 59.2 Å². The fourth-order valence-electron chi connectivity index (χ4n) is 2.72. The van der Waals surface area contributed by atoms with Crippen LogP contribution in [0, 0.1) is 11.2 Å². The van der Waals surface area contributed by atoms with Gasteiger partial charge in [-0.3, -0.25) is 14.7 Å².